The second-order valence-electron chi connectivity index (χ2n) is 7.79. The van der Waals surface area contributed by atoms with Gasteiger partial charge in [0.2, 0.25) is 5.91 Å². The molecule has 4 rings (SSSR count). The Morgan fingerprint density at radius 2 is 1.82 bits per heavy atom. The number of carbonyl (C=O) groups is 2. The highest BCUT2D eigenvalue weighted by atomic mass is 32.1. The van der Waals surface area contributed by atoms with Gasteiger partial charge in [-0.3, -0.25) is 14.5 Å². The maximum atomic E-state index is 13.6. The van der Waals surface area contributed by atoms with Gasteiger partial charge in [0.1, 0.15) is 11.5 Å². The minimum absolute atomic E-state index is 0.183. The fraction of sp³-hybridized carbons (Fsp3) is 0.185. The van der Waals surface area contributed by atoms with Gasteiger partial charge in [-0.2, -0.15) is 0 Å². The Labute approximate surface area is 202 Å². The van der Waals surface area contributed by atoms with Crippen molar-refractivity contribution in [2.45, 2.75) is 25.9 Å². The number of para-hydroxylation sites is 1. The van der Waals surface area contributed by atoms with E-state index in [9.17, 15) is 9.59 Å². The number of furan rings is 1. The summed E-state index contributed by atoms with van der Waals surface area (Å²) in [5.41, 5.74) is 2.48. The third kappa shape index (κ3) is 5.38. The zero-order valence-electron chi connectivity index (χ0n) is 19.1. The molecule has 2 heterocycles. The lowest BCUT2D eigenvalue weighted by molar-refractivity contribution is -0.127. The second-order valence-corrected chi connectivity index (χ2v) is 8.82. The number of nitrogens with zero attached hydrogens (tertiary/aromatic N) is 1. The molecule has 2 aromatic heterocycles. The van der Waals surface area contributed by atoms with Crippen LogP contribution in [0.3, 0.4) is 0 Å². The number of rotatable bonds is 9. The maximum absolute atomic E-state index is 13.6. The zero-order chi connectivity index (χ0) is 23.9. The first-order chi connectivity index (χ1) is 16.6. The molecule has 0 radical (unpaired) electrons. The van der Waals surface area contributed by atoms with Gasteiger partial charge in [0.05, 0.1) is 19.8 Å². The molecule has 2 aromatic carbocycles. The number of anilines is 1. The Bertz CT molecular complexity index is 1220. The Balaban J connectivity index is 1.66. The number of thiophene rings is 1. The first kappa shape index (κ1) is 23.3. The maximum Gasteiger partial charge on any atom is 0.251 e. The van der Waals surface area contributed by atoms with E-state index >= 15 is 0 Å². The Morgan fingerprint density at radius 1 is 1.03 bits per heavy atom. The molecule has 0 aliphatic heterocycles. The highest BCUT2D eigenvalue weighted by Gasteiger charge is 2.35. The number of nitrogens with one attached hydrogen (secondary N) is 1. The van der Waals surface area contributed by atoms with E-state index in [-0.39, 0.29) is 18.2 Å². The smallest absolute Gasteiger partial charge is 0.251 e. The summed E-state index contributed by atoms with van der Waals surface area (Å²) in [6.07, 6.45) is 1.70. The number of methoxy groups -OCH3 is 1. The minimum Gasteiger partial charge on any atom is -0.497 e. The van der Waals surface area contributed by atoms with Crippen LogP contribution >= 0.6 is 11.3 Å². The van der Waals surface area contributed by atoms with Gasteiger partial charge in [-0.25, -0.2) is 0 Å². The van der Waals surface area contributed by atoms with Gasteiger partial charge in [0.15, 0.2) is 6.04 Å². The molecule has 0 aliphatic rings. The van der Waals surface area contributed by atoms with Gasteiger partial charge < -0.3 is 14.5 Å². The minimum atomic E-state index is -0.957. The van der Waals surface area contributed by atoms with Crippen molar-refractivity contribution >= 4 is 28.8 Å². The molecule has 7 heteroatoms. The fourth-order valence-electron chi connectivity index (χ4n) is 3.75. The Hall–Kier alpha value is -3.84. The summed E-state index contributed by atoms with van der Waals surface area (Å²) in [6, 6.07) is 21.3. The summed E-state index contributed by atoms with van der Waals surface area (Å²) >= 11 is 1.51. The first-order valence-corrected chi connectivity index (χ1v) is 11.8. The normalized spacial score (nSPS) is 11.6. The van der Waals surface area contributed by atoms with Gasteiger partial charge in [-0.1, -0.05) is 36.4 Å². The molecular formula is C27H26N2O4S. The van der Waals surface area contributed by atoms with Crippen LogP contribution in [0.4, 0.5) is 5.69 Å². The molecule has 1 unspecified atom stereocenters. The summed E-state index contributed by atoms with van der Waals surface area (Å²) in [4.78, 5) is 29.7. The van der Waals surface area contributed by atoms with Crippen molar-refractivity contribution in [2.24, 2.45) is 0 Å². The second kappa shape index (κ2) is 10.9. The topological polar surface area (TPSA) is 71.8 Å². The molecule has 0 saturated heterocycles. The van der Waals surface area contributed by atoms with Crippen LogP contribution in [-0.2, 0) is 22.6 Å². The van der Waals surface area contributed by atoms with E-state index in [1.807, 2.05) is 73.0 Å². The quantitative estimate of drug-likeness (QED) is 0.358. The van der Waals surface area contributed by atoms with E-state index in [1.165, 1.54) is 17.6 Å². The summed E-state index contributed by atoms with van der Waals surface area (Å²) < 4.78 is 10.9. The molecule has 6 nitrogen and oxygen atoms in total. The van der Waals surface area contributed by atoms with E-state index < -0.39 is 6.04 Å². The van der Waals surface area contributed by atoms with Crippen LogP contribution < -0.4 is 15.0 Å². The lowest BCUT2D eigenvalue weighted by Crippen LogP contribution is -2.44. The monoisotopic (exact) mass is 474 g/mol. The molecular weight excluding hydrogens is 448 g/mol. The van der Waals surface area contributed by atoms with E-state index in [4.69, 9.17) is 9.15 Å². The van der Waals surface area contributed by atoms with Crippen LogP contribution in [0.25, 0.3) is 0 Å². The largest absolute Gasteiger partial charge is 0.497 e. The van der Waals surface area contributed by atoms with Crippen molar-refractivity contribution in [3.63, 3.8) is 0 Å². The third-order valence-electron chi connectivity index (χ3n) is 5.49. The Kier molecular flexibility index (Phi) is 7.44. The van der Waals surface area contributed by atoms with E-state index in [2.05, 4.69) is 5.32 Å². The lowest BCUT2D eigenvalue weighted by atomic mass is 10.1. The number of amides is 2. The highest BCUT2D eigenvalue weighted by Crippen LogP contribution is 2.32. The lowest BCUT2D eigenvalue weighted by Gasteiger charge is -2.31. The van der Waals surface area contributed by atoms with Crippen molar-refractivity contribution in [1.82, 2.24) is 5.32 Å². The molecule has 0 saturated carbocycles. The van der Waals surface area contributed by atoms with Crippen LogP contribution in [0.15, 0.2) is 88.9 Å². The van der Waals surface area contributed by atoms with Crippen LogP contribution in [-0.4, -0.2) is 18.9 Å². The summed E-state index contributed by atoms with van der Waals surface area (Å²) in [6.45, 7) is 2.23. The molecule has 34 heavy (non-hydrogen) atoms. The number of hydrogen-bond donors (Lipinski definition) is 1. The summed E-state index contributed by atoms with van der Waals surface area (Å²) in [5, 5.41) is 4.91. The average molecular weight is 475 g/mol. The molecule has 0 bridgehead atoms. The zero-order valence-corrected chi connectivity index (χ0v) is 19.9. The predicted molar refractivity (Wildman–Crippen MR) is 133 cm³/mol. The van der Waals surface area contributed by atoms with Crippen molar-refractivity contribution < 1.29 is 18.7 Å². The van der Waals surface area contributed by atoms with Crippen molar-refractivity contribution in [1.29, 1.82) is 0 Å². The number of hydrogen-bond acceptors (Lipinski definition) is 5. The van der Waals surface area contributed by atoms with E-state index in [0.29, 0.717) is 18.0 Å². The van der Waals surface area contributed by atoms with Crippen LogP contribution in [0.5, 0.6) is 5.75 Å². The summed E-state index contributed by atoms with van der Waals surface area (Å²) in [7, 11) is 1.61. The number of ether oxygens (including phenoxy) is 1. The third-order valence-corrected chi connectivity index (χ3v) is 6.37. The molecule has 4 aromatic rings. The predicted octanol–water partition coefficient (Wildman–Crippen LogP) is 5.29. The van der Waals surface area contributed by atoms with Gasteiger partial charge in [-0.05, 0) is 59.8 Å². The molecule has 0 aliphatic carbocycles. The fourth-order valence-corrected chi connectivity index (χ4v) is 4.44. The Morgan fingerprint density at radius 3 is 2.47 bits per heavy atom. The molecule has 174 valence electrons. The SMILES string of the molecule is COc1ccc(CNC(=O)C(c2ccco2)N(C(=O)Cc2cccs2)c2ccccc2C)cc1. The van der Waals surface area contributed by atoms with Crippen LogP contribution in [0.1, 0.15) is 27.8 Å². The number of carbonyl (C=O) groups excluding carboxylic acids is 2. The van der Waals surface area contributed by atoms with Crippen molar-refractivity contribution in [3.8, 4) is 5.75 Å². The molecule has 0 spiro atoms. The van der Waals surface area contributed by atoms with Gasteiger partial charge in [-0.15, -0.1) is 11.3 Å². The van der Waals surface area contributed by atoms with Crippen LogP contribution in [0.2, 0.25) is 0 Å². The molecule has 2 amide bonds. The van der Waals surface area contributed by atoms with E-state index in [1.54, 1.807) is 24.1 Å². The van der Waals surface area contributed by atoms with Gasteiger partial charge in [0, 0.05) is 17.1 Å². The van der Waals surface area contributed by atoms with E-state index in [0.717, 1.165) is 21.8 Å². The van der Waals surface area contributed by atoms with Gasteiger partial charge in [0.25, 0.3) is 5.91 Å². The number of aryl methyl sites for hydroxylation is 1. The van der Waals surface area contributed by atoms with Crippen molar-refractivity contribution in [2.75, 3.05) is 12.0 Å². The summed E-state index contributed by atoms with van der Waals surface area (Å²) in [5.74, 6) is 0.634. The molecule has 1 atom stereocenters. The molecule has 0 fully saturated rings. The van der Waals surface area contributed by atoms with Gasteiger partial charge >= 0.3 is 0 Å². The first-order valence-electron chi connectivity index (χ1n) is 10.9. The van der Waals surface area contributed by atoms with Crippen molar-refractivity contribution in [3.05, 3.63) is 106 Å². The van der Waals surface area contributed by atoms with Crippen LogP contribution in [0, 0.1) is 6.92 Å². The standard InChI is InChI=1S/C27H26N2O4S/c1-19-7-3-4-9-23(19)29(25(30)17-22-8-6-16-34-22)26(24-10-5-15-33-24)27(31)28-18-20-11-13-21(32-2)14-12-20/h3-16,26H,17-18H2,1-2H3,(H,28,31). The highest BCUT2D eigenvalue weighted by molar-refractivity contribution is 7.10. The number of benzene rings is 2. The average Bonchev–Trinajstić information content (AvgIpc) is 3.56. The molecule has 1 N–H and O–H groups in total.